The van der Waals surface area contributed by atoms with Crippen LogP contribution in [-0.2, 0) is 9.53 Å². The van der Waals surface area contributed by atoms with E-state index in [0.717, 1.165) is 0 Å². The highest BCUT2D eigenvalue weighted by molar-refractivity contribution is 7.63. The third-order valence-electron chi connectivity index (χ3n) is 2.97. The van der Waals surface area contributed by atoms with Gasteiger partial charge in [-0.25, -0.2) is 10.1 Å². The van der Waals surface area contributed by atoms with E-state index < -0.39 is 19.5 Å². The van der Waals surface area contributed by atoms with Crippen LogP contribution in [0.25, 0.3) is 0 Å². The highest BCUT2D eigenvalue weighted by Gasteiger charge is 2.27. The van der Waals surface area contributed by atoms with Crippen LogP contribution in [0.3, 0.4) is 0 Å². The molecule has 0 saturated carbocycles. The maximum atomic E-state index is 12.1. The van der Waals surface area contributed by atoms with Gasteiger partial charge in [0.25, 0.3) is 7.49 Å². The predicted molar refractivity (Wildman–Crippen MR) is 99.8 cm³/mol. The molecule has 1 aromatic carbocycles. The lowest BCUT2D eigenvalue weighted by atomic mass is 10.3. The second-order valence-corrected chi connectivity index (χ2v) is 7.64. The van der Waals surface area contributed by atoms with Gasteiger partial charge in [-0.05, 0) is 45.3 Å². The van der Waals surface area contributed by atoms with Gasteiger partial charge in [-0.2, -0.15) is 0 Å². The van der Waals surface area contributed by atoms with Crippen molar-refractivity contribution in [3.63, 3.8) is 0 Å². The largest absolute Gasteiger partial charge is 0.462 e. The van der Waals surface area contributed by atoms with E-state index in [1.165, 1.54) is 0 Å². The number of hydrogen-bond donors (Lipinski definition) is 1. The van der Waals surface area contributed by atoms with Crippen molar-refractivity contribution >= 4 is 19.8 Å². The van der Waals surface area contributed by atoms with Gasteiger partial charge in [-0.3, -0.25) is 4.79 Å². The maximum absolute atomic E-state index is 12.1. The number of carbonyl (C=O) groups excluding carboxylic acids is 1. The standard InChI is InChI=1S/C18H23N2O4P/c1-14(2)22-18(21)15(3)20-25(4,23-16-10-6-5-7-11-16)24-17-12-8-9-13-19-17/h5-15,20H,4H2,1-3H3/t15-,25?/m0/s1. The van der Waals surface area contributed by atoms with Gasteiger partial charge in [-0.1, -0.05) is 24.3 Å². The van der Waals surface area contributed by atoms with Gasteiger partial charge in [0.15, 0.2) is 0 Å². The number of para-hydroxylation sites is 1. The smallest absolute Gasteiger partial charge is 0.323 e. The summed E-state index contributed by atoms with van der Waals surface area (Å²) < 4.78 is 17.1. The molecule has 2 rings (SSSR count). The quantitative estimate of drug-likeness (QED) is 0.571. The molecule has 0 aliphatic rings. The number of nitrogens with one attached hydrogen (secondary N) is 1. The van der Waals surface area contributed by atoms with Crippen LogP contribution in [0.1, 0.15) is 20.8 Å². The van der Waals surface area contributed by atoms with Crippen molar-refractivity contribution in [2.24, 2.45) is 0 Å². The molecule has 1 unspecified atom stereocenters. The maximum Gasteiger partial charge on any atom is 0.323 e. The van der Waals surface area contributed by atoms with Crippen LogP contribution < -0.4 is 14.1 Å². The Morgan fingerprint density at radius 3 is 2.36 bits per heavy atom. The lowest BCUT2D eigenvalue weighted by Crippen LogP contribution is -2.37. The Morgan fingerprint density at radius 1 is 1.08 bits per heavy atom. The molecule has 0 aliphatic heterocycles. The minimum absolute atomic E-state index is 0.207. The predicted octanol–water partition coefficient (Wildman–Crippen LogP) is 3.66. The number of benzene rings is 1. The van der Waals surface area contributed by atoms with Gasteiger partial charge in [0, 0.05) is 12.3 Å². The van der Waals surface area contributed by atoms with E-state index in [4.69, 9.17) is 13.8 Å². The fourth-order valence-electron chi connectivity index (χ4n) is 1.96. The van der Waals surface area contributed by atoms with Gasteiger partial charge < -0.3 is 13.8 Å². The summed E-state index contributed by atoms with van der Waals surface area (Å²) in [7, 11) is -2.93. The molecule has 25 heavy (non-hydrogen) atoms. The lowest BCUT2D eigenvalue weighted by molar-refractivity contribution is -0.149. The normalized spacial score (nSPS) is 14.4. The summed E-state index contributed by atoms with van der Waals surface area (Å²) in [6.45, 7) is 5.27. The Kier molecular flexibility index (Phi) is 6.62. The Labute approximate surface area is 148 Å². The van der Waals surface area contributed by atoms with Crippen LogP contribution in [-0.4, -0.2) is 29.4 Å². The molecule has 7 heteroatoms. The highest BCUT2D eigenvalue weighted by atomic mass is 31.2. The van der Waals surface area contributed by atoms with E-state index in [-0.39, 0.29) is 6.10 Å². The molecular weight excluding hydrogens is 339 g/mol. The zero-order valence-corrected chi connectivity index (χ0v) is 15.5. The summed E-state index contributed by atoms with van der Waals surface area (Å²) in [6.07, 6.45) is 5.47. The van der Waals surface area contributed by atoms with Crippen LogP contribution in [0.5, 0.6) is 11.6 Å². The molecule has 0 fully saturated rings. The number of ether oxygens (including phenoxy) is 1. The zero-order valence-electron chi connectivity index (χ0n) is 14.6. The summed E-state index contributed by atoms with van der Waals surface area (Å²) in [5.74, 6) is 0.543. The summed E-state index contributed by atoms with van der Waals surface area (Å²) in [6, 6.07) is 13.8. The van der Waals surface area contributed by atoms with Crippen LogP contribution in [0.4, 0.5) is 0 Å². The molecule has 0 amide bonds. The monoisotopic (exact) mass is 362 g/mol. The first-order valence-corrected chi connectivity index (χ1v) is 9.76. The summed E-state index contributed by atoms with van der Waals surface area (Å²) in [5, 5.41) is 3.04. The molecule has 1 aromatic heterocycles. The van der Waals surface area contributed by atoms with E-state index in [1.54, 1.807) is 57.3 Å². The van der Waals surface area contributed by atoms with Crippen LogP contribution in [0, 0.1) is 0 Å². The van der Waals surface area contributed by atoms with Crippen molar-refractivity contribution in [2.75, 3.05) is 0 Å². The zero-order chi connectivity index (χ0) is 18.3. The number of aromatic nitrogens is 1. The molecule has 0 bridgehead atoms. The van der Waals surface area contributed by atoms with Crippen LogP contribution in [0.2, 0.25) is 0 Å². The molecule has 1 heterocycles. The number of nitrogens with zero attached hydrogens (tertiary/aromatic N) is 1. The van der Waals surface area contributed by atoms with Gasteiger partial charge in [0.1, 0.15) is 11.8 Å². The Bertz CT molecular complexity index is 677. The van der Waals surface area contributed by atoms with E-state index >= 15 is 0 Å². The Balaban J connectivity index is 2.19. The third kappa shape index (κ3) is 6.25. The summed E-state index contributed by atoms with van der Waals surface area (Å²) in [5.41, 5.74) is 0. The number of esters is 1. The van der Waals surface area contributed by atoms with Crippen molar-refractivity contribution in [3.8, 4) is 11.6 Å². The number of hydrogen-bond acceptors (Lipinski definition) is 6. The number of pyridine rings is 1. The molecule has 1 N–H and O–H groups in total. The van der Waals surface area contributed by atoms with Crippen LogP contribution >= 0.6 is 7.49 Å². The number of rotatable bonds is 8. The highest BCUT2D eigenvalue weighted by Crippen LogP contribution is 2.44. The van der Waals surface area contributed by atoms with Crippen molar-refractivity contribution in [1.82, 2.24) is 10.1 Å². The minimum Gasteiger partial charge on any atom is -0.462 e. The Morgan fingerprint density at radius 2 is 1.76 bits per heavy atom. The summed E-state index contributed by atoms with van der Waals surface area (Å²) >= 11 is 0. The van der Waals surface area contributed by atoms with Crippen molar-refractivity contribution < 1.29 is 18.6 Å². The molecule has 0 saturated heterocycles. The van der Waals surface area contributed by atoms with Gasteiger partial charge in [0.2, 0.25) is 5.88 Å². The average molecular weight is 362 g/mol. The molecule has 0 spiro atoms. The fraction of sp³-hybridized carbons (Fsp3) is 0.278. The molecule has 0 radical (unpaired) electrons. The minimum atomic E-state index is -2.93. The first-order valence-electron chi connectivity index (χ1n) is 7.95. The second-order valence-electron chi connectivity index (χ2n) is 5.67. The fourth-order valence-corrected chi connectivity index (χ4v) is 3.67. The first-order chi connectivity index (χ1) is 11.9. The van der Waals surface area contributed by atoms with E-state index in [9.17, 15) is 4.79 Å². The second kappa shape index (κ2) is 8.70. The van der Waals surface area contributed by atoms with Crippen molar-refractivity contribution in [3.05, 3.63) is 54.7 Å². The topological polar surface area (TPSA) is 69.7 Å². The molecule has 6 nitrogen and oxygen atoms in total. The van der Waals surface area contributed by atoms with Gasteiger partial charge >= 0.3 is 5.97 Å². The molecule has 2 aromatic rings. The Hall–Kier alpha value is -2.30. The molecule has 0 aliphatic carbocycles. The number of carbonyl (C=O) groups is 1. The van der Waals surface area contributed by atoms with E-state index in [2.05, 4.69) is 16.4 Å². The average Bonchev–Trinajstić information content (AvgIpc) is 2.55. The SMILES string of the molecule is C=P(N[C@@H](C)C(=O)OC(C)C)(Oc1ccccc1)Oc1ccccn1. The first kappa shape index (κ1) is 19.0. The molecule has 134 valence electrons. The van der Waals surface area contributed by atoms with Crippen LogP contribution in [0.15, 0.2) is 54.7 Å². The van der Waals surface area contributed by atoms with E-state index in [0.29, 0.717) is 11.6 Å². The van der Waals surface area contributed by atoms with Gasteiger partial charge in [0.05, 0.1) is 6.10 Å². The lowest BCUT2D eigenvalue weighted by Gasteiger charge is -2.28. The van der Waals surface area contributed by atoms with E-state index in [1.807, 2.05) is 18.2 Å². The summed E-state index contributed by atoms with van der Waals surface area (Å²) in [4.78, 5) is 16.2. The van der Waals surface area contributed by atoms with Gasteiger partial charge in [-0.15, -0.1) is 0 Å². The third-order valence-corrected chi connectivity index (χ3v) is 4.74. The van der Waals surface area contributed by atoms with Crippen molar-refractivity contribution in [2.45, 2.75) is 32.9 Å². The van der Waals surface area contributed by atoms with Crippen molar-refractivity contribution in [1.29, 1.82) is 0 Å². The molecule has 2 atom stereocenters. The molecular formula is C18H23N2O4P.